The summed E-state index contributed by atoms with van der Waals surface area (Å²) in [5, 5.41) is 18.1. The van der Waals surface area contributed by atoms with E-state index in [1.54, 1.807) is 0 Å². The summed E-state index contributed by atoms with van der Waals surface area (Å²) < 4.78 is 25.1. The molecule has 0 atom stereocenters. The van der Waals surface area contributed by atoms with Crippen molar-refractivity contribution < 1.29 is 45.0 Å². The van der Waals surface area contributed by atoms with E-state index in [4.69, 9.17) is 10.2 Å². The SMILES string of the molecule is O=C(O)c1ccccc1S(=O)(=O)c1ccccc1C(=O)O.[Co]. The van der Waals surface area contributed by atoms with Crippen molar-refractivity contribution in [3.8, 4) is 0 Å². The smallest absolute Gasteiger partial charge is 0.337 e. The molecule has 0 amide bonds. The third-order valence-electron chi connectivity index (χ3n) is 2.81. The van der Waals surface area contributed by atoms with Crippen LogP contribution >= 0.6 is 0 Å². The molecular weight excluding hydrogens is 355 g/mol. The van der Waals surface area contributed by atoms with Crippen LogP contribution in [0.4, 0.5) is 0 Å². The molecule has 2 aromatic carbocycles. The maximum Gasteiger partial charge on any atom is 0.337 e. The van der Waals surface area contributed by atoms with Gasteiger partial charge < -0.3 is 10.2 Å². The molecule has 0 unspecified atom stereocenters. The molecular formula is C14H10CoO6S. The van der Waals surface area contributed by atoms with Crippen molar-refractivity contribution in [1.82, 2.24) is 0 Å². The van der Waals surface area contributed by atoms with Gasteiger partial charge in [-0.1, -0.05) is 24.3 Å². The van der Waals surface area contributed by atoms with Gasteiger partial charge in [0.15, 0.2) is 0 Å². The Balaban J connectivity index is 0.00000242. The Labute approximate surface area is 136 Å². The Kier molecular flexibility index (Phi) is 5.47. The Morgan fingerprint density at radius 2 is 1.05 bits per heavy atom. The van der Waals surface area contributed by atoms with Crippen molar-refractivity contribution in [3.63, 3.8) is 0 Å². The van der Waals surface area contributed by atoms with Crippen LogP contribution < -0.4 is 0 Å². The Morgan fingerprint density at radius 1 is 0.727 bits per heavy atom. The van der Waals surface area contributed by atoms with Gasteiger partial charge in [-0.3, -0.25) is 0 Å². The zero-order chi connectivity index (χ0) is 15.6. The third kappa shape index (κ3) is 3.19. The van der Waals surface area contributed by atoms with E-state index in [-0.39, 0.29) is 16.8 Å². The minimum Gasteiger partial charge on any atom is -0.478 e. The zero-order valence-electron chi connectivity index (χ0n) is 10.9. The number of aromatic carboxylic acids is 2. The van der Waals surface area contributed by atoms with Crippen molar-refractivity contribution in [1.29, 1.82) is 0 Å². The average molecular weight is 365 g/mol. The van der Waals surface area contributed by atoms with Crippen LogP contribution in [-0.2, 0) is 26.6 Å². The van der Waals surface area contributed by atoms with Gasteiger partial charge in [0.2, 0.25) is 9.84 Å². The second kappa shape index (κ2) is 6.73. The molecule has 0 aromatic heterocycles. The van der Waals surface area contributed by atoms with Gasteiger partial charge in [0, 0.05) is 16.8 Å². The summed E-state index contributed by atoms with van der Waals surface area (Å²) in [6.45, 7) is 0. The number of hydrogen-bond acceptors (Lipinski definition) is 4. The van der Waals surface area contributed by atoms with Gasteiger partial charge in [-0.05, 0) is 24.3 Å². The molecule has 1 radical (unpaired) electrons. The van der Waals surface area contributed by atoms with Crippen molar-refractivity contribution >= 4 is 21.8 Å². The minimum absolute atomic E-state index is 0. The van der Waals surface area contributed by atoms with Gasteiger partial charge >= 0.3 is 11.9 Å². The molecule has 0 fully saturated rings. The predicted molar refractivity (Wildman–Crippen MR) is 72.3 cm³/mol. The summed E-state index contributed by atoms with van der Waals surface area (Å²) >= 11 is 0. The van der Waals surface area contributed by atoms with Gasteiger partial charge in [-0.15, -0.1) is 0 Å². The molecule has 6 nitrogen and oxygen atoms in total. The maximum absolute atomic E-state index is 12.6. The molecule has 117 valence electrons. The first-order valence-corrected chi connectivity index (χ1v) is 7.23. The van der Waals surface area contributed by atoms with E-state index in [1.165, 1.54) is 24.3 Å². The second-order valence-corrected chi connectivity index (χ2v) is 5.99. The van der Waals surface area contributed by atoms with Crippen LogP contribution in [-0.4, -0.2) is 30.6 Å². The van der Waals surface area contributed by atoms with Gasteiger partial charge in [0.25, 0.3) is 0 Å². The molecule has 0 aliphatic rings. The van der Waals surface area contributed by atoms with Crippen molar-refractivity contribution in [3.05, 3.63) is 59.7 Å². The molecule has 0 bridgehead atoms. The zero-order valence-corrected chi connectivity index (χ0v) is 12.7. The fourth-order valence-corrected chi connectivity index (χ4v) is 3.52. The van der Waals surface area contributed by atoms with Crippen molar-refractivity contribution in [2.24, 2.45) is 0 Å². The first kappa shape index (κ1) is 17.9. The van der Waals surface area contributed by atoms with Crippen LogP contribution in [0.5, 0.6) is 0 Å². The normalized spacial score (nSPS) is 10.5. The molecule has 2 N–H and O–H groups in total. The van der Waals surface area contributed by atoms with Crippen LogP contribution in [0.25, 0.3) is 0 Å². The average Bonchev–Trinajstić information content (AvgIpc) is 2.47. The number of carboxylic acids is 2. The number of carboxylic acid groups (broad SMARTS) is 2. The second-order valence-electron chi connectivity index (χ2n) is 4.11. The Morgan fingerprint density at radius 3 is 1.36 bits per heavy atom. The number of sulfone groups is 1. The number of benzene rings is 2. The molecule has 0 saturated heterocycles. The molecule has 8 heteroatoms. The summed E-state index contributed by atoms with van der Waals surface area (Å²) in [6, 6.07) is 10.1. The standard InChI is InChI=1S/C14H10O6S.Co/c15-13(16)9-5-1-3-7-11(9)21(19,20)12-8-4-2-6-10(12)14(17)18;/h1-8H,(H,15,16)(H,17,18);. The van der Waals surface area contributed by atoms with Gasteiger partial charge in [0.05, 0.1) is 20.9 Å². The molecule has 22 heavy (non-hydrogen) atoms. The first-order chi connectivity index (χ1) is 9.85. The summed E-state index contributed by atoms with van der Waals surface area (Å²) in [7, 11) is -4.25. The quantitative estimate of drug-likeness (QED) is 0.857. The summed E-state index contributed by atoms with van der Waals surface area (Å²) in [6.07, 6.45) is 0. The van der Waals surface area contributed by atoms with Crippen LogP contribution in [0, 0.1) is 0 Å². The molecule has 0 aliphatic heterocycles. The number of carbonyl (C=O) groups is 2. The largest absolute Gasteiger partial charge is 0.478 e. The number of hydrogen-bond donors (Lipinski definition) is 2. The van der Waals surface area contributed by atoms with Crippen LogP contribution in [0.3, 0.4) is 0 Å². The maximum atomic E-state index is 12.6. The van der Waals surface area contributed by atoms with Gasteiger partial charge in [-0.2, -0.15) is 0 Å². The van der Waals surface area contributed by atoms with Crippen LogP contribution in [0.15, 0.2) is 58.3 Å². The van der Waals surface area contributed by atoms with Gasteiger partial charge in [-0.25, -0.2) is 18.0 Å². The molecule has 2 rings (SSSR count). The monoisotopic (exact) mass is 365 g/mol. The van der Waals surface area contributed by atoms with Crippen LogP contribution in [0.2, 0.25) is 0 Å². The minimum atomic E-state index is -4.25. The van der Waals surface area contributed by atoms with E-state index in [2.05, 4.69) is 0 Å². The van der Waals surface area contributed by atoms with E-state index >= 15 is 0 Å². The van der Waals surface area contributed by atoms with E-state index in [1.807, 2.05) is 0 Å². The van der Waals surface area contributed by atoms with E-state index in [0.29, 0.717) is 0 Å². The number of rotatable bonds is 4. The fraction of sp³-hybridized carbons (Fsp3) is 0. The third-order valence-corrected chi connectivity index (χ3v) is 4.68. The van der Waals surface area contributed by atoms with E-state index in [9.17, 15) is 18.0 Å². The van der Waals surface area contributed by atoms with Gasteiger partial charge in [0.1, 0.15) is 0 Å². The molecule has 2 aromatic rings. The molecule has 0 aliphatic carbocycles. The van der Waals surface area contributed by atoms with E-state index < -0.39 is 42.7 Å². The topological polar surface area (TPSA) is 109 Å². The van der Waals surface area contributed by atoms with Crippen molar-refractivity contribution in [2.45, 2.75) is 9.79 Å². The molecule has 0 spiro atoms. The van der Waals surface area contributed by atoms with Crippen molar-refractivity contribution in [2.75, 3.05) is 0 Å². The summed E-state index contributed by atoms with van der Waals surface area (Å²) in [4.78, 5) is 21.4. The first-order valence-electron chi connectivity index (χ1n) is 5.75. The fourth-order valence-electron chi connectivity index (χ4n) is 1.87. The summed E-state index contributed by atoms with van der Waals surface area (Å²) in [5.74, 6) is -2.80. The Bertz CT molecular complexity index is 765. The van der Waals surface area contributed by atoms with E-state index in [0.717, 1.165) is 24.3 Å². The molecule has 0 heterocycles. The van der Waals surface area contributed by atoms with Crippen LogP contribution in [0.1, 0.15) is 20.7 Å². The predicted octanol–water partition coefficient (Wildman–Crippen LogP) is 1.91. The molecule has 0 saturated carbocycles. The Hall–Kier alpha value is -2.16. The summed E-state index contributed by atoms with van der Waals surface area (Å²) in [5.41, 5.74) is -0.810.